The van der Waals surface area contributed by atoms with Crippen LogP contribution in [0.15, 0.2) is 18.2 Å². The third kappa shape index (κ3) is 2.22. The number of carbonyl (C=O) groups excluding carboxylic acids is 2. The van der Waals surface area contributed by atoms with Gasteiger partial charge in [0.2, 0.25) is 5.91 Å². The fourth-order valence-corrected chi connectivity index (χ4v) is 2.16. The summed E-state index contributed by atoms with van der Waals surface area (Å²) in [6, 6.07) is 3.53. The van der Waals surface area contributed by atoms with E-state index in [1.165, 1.54) is 11.9 Å². The molecule has 0 aromatic heterocycles. The highest BCUT2D eigenvalue weighted by Gasteiger charge is 2.28. The fourth-order valence-electron chi connectivity index (χ4n) is 2.16. The van der Waals surface area contributed by atoms with Crippen molar-refractivity contribution >= 4 is 23.3 Å². The van der Waals surface area contributed by atoms with E-state index in [2.05, 4.69) is 5.32 Å². The van der Waals surface area contributed by atoms with Gasteiger partial charge in [-0.2, -0.15) is 0 Å². The van der Waals surface area contributed by atoms with Crippen LogP contribution in [0.3, 0.4) is 0 Å². The highest BCUT2D eigenvalue weighted by molar-refractivity contribution is 6.12. The topological polar surface area (TPSA) is 86.7 Å². The maximum atomic E-state index is 12.0. The zero-order valence-electron chi connectivity index (χ0n) is 10.6. The molecule has 2 N–H and O–H groups in total. The Morgan fingerprint density at radius 3 is 2.68 bits per heavy atom. The summed E-state index contributed by atoms with van der Waals surface area (Å²) in [5.41, 5.74) is 1.81. The van der Waals surface area contributed by atoms with Crippen LogP contribution in [0.1, 0.15) is 15.9 Å². The van der Waals surface area contributed by atoms with Gasteiger partial charge in [0.05, 0.1) is 6.42 Å². The average Bonchev–Trinajstić information content (AvgIpc) is 2.65. The number of carbonyl (C=O) groups is 3. The normalized spacial score (nSPS) is 15.3. The smallest absolute Gasteiger partial charge is 0.328 e. The minimum absolute atomic E-state index is 0.0389. The van der Waals surface area contributed by atoms with Gasteiger partial charge in [0.1, 0.15) is 0 Å². The number of fused-ring (bicyclic) bond motifs is 1. The molecule has 1 aromatic carbocycles. The molecule has 1 amide bonds. The lowest BCUT2D eigenvalue weighted by atomic mass is 10.0. The van der Waals surface area contributed by atoms with Crippen molar-refractivity contribution in [3.8, 4) is 0 Å². The first-order valence-electron chi connectivity index (χ1n) is 5.79. The number of rotatable bonds is 4. The number of likely N-dealkylation sites (N-methyl/N-ethyl adjacent to an activating group) is 2. The van der Waals surface area contributed by atoms with Crippen LogP contribution in [0.5, 0.6) is 0 Å². The zero-order valence-corrected chi connectivity index (χ0v) is 10.6. The summed E-state index contributed by atoms with van der Waals surface area (Å²) < 4.78 is 0. The minimum Gasteiger partial charge on any atom is -0.480 e. The minimum atomic E-state index is -1.27. The number of anilines is 1. The second-order valence-corrected chi connectivity index (χ2v) is 4.40. The largest absolute Gasteiger partial charge is 0.480 e. The van der Waals surface area contributed by atoms with E-state index in [4.69, 9.17) is 5.11 Å². The molecule has 0 radical (unpaired) electrons. The van der Waals surface area contributed by atoms with E-state index in [1.54, 1.807) is 25.2 Å². The molecule has 100 valence electrons. The molecule has 19 heavy (non-hydrogen) atoms. The fraction of sp³-hybridized carbons (Fsp3) is 0.308. The van der Waals surface area contributed by atoms with Gasteiger partial charge in [-0.1, -0.05) is 0 Å². The Bertz CT molecular complexity index is 568. The summed E-state index contributed by atoms with van der Waals surface area (Å²) in [5, 5.41) is 11.4. The Hall–Kier alpha value is -2.21. The first-order valence-corrected chi connectivity index (χ1v) is 5.79. The first-order chi connectivity index (χ1) is 8.95. The van der Waals surface area contributed by atoms with Crippen molar-refractivity contribution < 1.29 is 19.5 Å². The molecule has 0 aliphatic carbocycles. The van der Waals surface area contributed by atoms with Gasteiger partial charge < -0.3 is 15.3 Å². The molecule has 2 rings (SSSR count). The molecule has 0 bridgehead atoms. The lowest BCUT2D eigenvalue weighted by molar-refractivity contribution is -0.137. The van der Waals surface area contributed by atoms with E-state index >= 15 is 0 Å². The van der Waals surface area contributed by atoms with Crippen LogP contribution >= 0.6 is 0 Å². The van der Waals surface area contributed by atoms with Crippen LogP contribution in [0.25, 0.3) is 0 Å². The number of nitrogens with zero attached hydrogens (tertiary/aromatic N) is 1. The summed E-state index contributed by atoms with van der Waals surface area (Å²) in [7, 11) is 3.09. The molecule has 1 aliphatic rings. The number of carboxylic acid groups (broad SMARTS) is 1. The van der Waals surface area contributed by atoms with Crippen LogP contribution in [0.4, 0.5) is 5.69 Å². The van der Waals surface area contributed by atoms with Gasteiger partial charge in [-0.15, -0.1) is 0 Å². The summed E-state index contributed by atoms with van der Waals surface area (Å²) >= 11 is 0. The van der Waals surface area contributed by atoms with E-state index < -0.39 is 17.8 Å². The Kier molecular flexibility index (Phi) is 3.35. The maximum absolute atomic E-state index is 12.0. The van der Waals surface area contributed by atoms with Crippen molar-refractivity contribution in [3.05, 3.63) is 29.3 Å². The van der Waals surface area contributed by atoms with Crippen molar-refractivity contribution in [1.29, 1.82) is 0 Å². The van der Waals surface area contributed by atoms with E-state index in [0.29, 0.717) is 5.56 Å². The molecule has 1 aliphatic heterocycles. The van der Waals surface area contributed by atoms with E-state index in [0.717, 1.165) is 11.3 Å². The predicted molar refractivity (Wildman–Crippen MR) is 68.4 cm³/mol. The van der Waals surface area contributed by atoms with Crippen molar-refractivity contribution in [3.63, 3.8) is 0 Å². The van der Waals surface area contributed by atoms with Crippen LogP contribution in [-0.4, -0.2) is 42.9 Å². The molecule has 1 unspecified atom stereocenters. The van der Waals surface area contributed by atoms with Gasteiger partial charge in [-0.05, 0) is 30.8 Å². The number of carboxylic acids is 1. The van der Waals surface area contributed by atoms with Crippen LogP contribution in [-0.2, 0) is 16.0 Å². The lowest BCUT2D eigenvalue weighted by Crippen LogP contribution is -2.41. The zero-order chi connectivity index (χ0) is 14.2. The van der Waals surface area contributed by atoms with Crippen molar-refractivity contribution in [2.45, 2.75) is 12.5 Å². The number of hydrogen-bond donors (Lipinski definition) is 2. The molecule has 0 spiro atoms. The van der Waals surface area contributed by atoms with Gasteiger partial charge in [-0.25, -0.2) is 0 Å². The van der Waals surface area contributed by atoms with Gasteiger partial charge in [-0.3, -0.25) is 14.4 Å². The van der Waals surface area contributed by atoms with Gasteiger partial charge >= 0.3 is 5.97 Å². The van der Waals surface area contributed by atoms with E-state index in [9.17, 15) is 14.4 Å². The molecule has 1 aromatic rings. The maximum Gasteiger partial charge on any atom is 0.328 e. The predicted octanol–water partition coefficient (Wildman–Crippen LogP) is 0.0608. The molecule has 0 saturated heterocycles. The number of hydrogen-bond acceptors (Lipinski definition) is 4. The van der Waals surface area contributed by atoms with Crippen molar-refractivity contribution in [1.82, 2.24) is 5.32 Å². The second kappa shape index (κ2) is 4.81. The molecule has 1 atom stereocenters. The van der Waals surface area contributed by atoms with Crippen LogP contribution < -0.4 is 10.2 Å². The Morgan fingerprint density at radius 2 is 2.11 bits per heavy atom. The Morgan fingerprint density at radius 1 is 1.42 bits per heavy atom. The monoisotopic (exact) mass is 262 g/mol. The quantitative estimate of drug-likeness (QED) is 0.592. The lowest BCUT2D eigenvalue weighted by Gasteiger charge is -2.12. The number of benzene rings is 1. The van der Waals surface area contributed by atoms with Crippen molar-refractivity contribution in [2.75, 3.05) is 19.0 Å². The first kappa shape index (κ1) is 13.2. The molecule has 6 nitrogen and oxygen atoms in total. The molecule has 0 saturated carbocycles. The molecule has 0 fully saturated rings. The van der Waals surface area contributed by atoms with Gasteiger partial charge in [0, 0.05) is 18.3 Å². The third-order valence-electron chi connectivity index (χ3n) is 3.24. The number of aliphatic carboxylic acids is 1. The van der Waals surface area contributed by atoms with E-state index in [1.807, 2.05) is 0 Å². The average molecular weight is 262 g/mol. The third-order valence-corrected chi connectivity index (χ3v) is 3.24. The second-order valence-electron chi connectivity index (χ2n) is 4.40. The highest BCUT2D eigenvalue weighted by atomic mass is 16.4. The standard InChI is InChI=1S/C13H14N2O4/c1-14-11(13(18)19)12(17)7-3-4-9-8(5-7)6-10(16)15(9)2/h3-5,11,14H,6H2,1-2H3,(H,18,19). The SMILES string of the molecule is CNC(C(=O)O)C(=O)c1ccc2c(c1)CC(=O)N2C. The highest BCUT2D eigenvalue weighted by Crippen LogP contribution is 2.28. The summed E-state index contributed by atoms with van der Waals surface area (Å²) in [5.74, 6) is -1.77. The van der Waals surface area contributed by atoms with Crippen molar-refractivity contribution in [2.24, 2.45) is 0 Å². The Labute approximate surface area is 110 Å². The van der Waals surface area contributed by atoms with Crippen LogP contribution in [0, 0.1) is 0 Å². The molecule has 6 heteroatoms. The molecular weight excluding hydrogens is 248 g/mol. The molecular formula is C13H14N2O4. The number of Topliss-reactive ketones (excluding diaryl/α,β-unsaturated/α-hetero) is 1. The summed E-state index contributed by atoms with van der Waals surface area (Å²) in [4.78, 5) is 36.0. The van der Waals surface area contributed by atoms with Gasteiger partial charge in [0.15, 0.2) is 11.8 Å². The van der Waals surface area contributed by atoms with Gasteiger partial charge in [0.25, 0.3) is 0 Å². The summed E-state index contributed by atoms with van der Waals surface area (Å²) in [6.07, 6.45) is 0.240. The number of ketones is 1. The molecule has 1 heterocycles. The Balaban J connectivity index is 2.34. The number of nitrogens with one attached hydrogen (secondary N) is 1. The summed E-state index contributed by atoms with van der Waals surface area (Å²) in [6.45, 7) is 0. The van der Waals surface area contributed by atoms with E-state index in [-0.39, 0.29) is 12.3 Å². The number of amides is 1. The van der Waals surface area contributed by atoms with Crippen LogP contribution in [0.2, 0.25) is 0 Å².